The van der Waals surface area contributed by atoms with Gasteiger partial charge in [0.05, 0.1) is 11.1 Å². The van der Waals surface area contributed by atoms with Crippen molar-refractivity contribution in [3.8, 4) is 0 Å². The number of ether oxygens (including phenoxy) is 1. The van der Waals surface area contributed by atoms with Gasteiger partial charge in [0, 0.05) is 12.6 Å². The average molecular weight is 380 g/mol. The van der Waals surface area contributed by atoms with Gasteiger partial charge in [0.25, 0.3) is 5.91 Å². The fraction of sp³-hybridized carbons (Fsp3) is 0.333. The van der Waals surface area contributed by atoms with E-state index in [1.807, 2.05) is 32.0 Å². The van der Waals surface area contributed by atoms with Crippen LogP contribution in [-0.2, 0) is 22.5 Å². The molecule has 7 heteroatoms. The first-order chi connectivity index (χ1) is 13.6. The number of hydrogen-bond donors (Lipinski definition) is 1. The molecule has 7 nitrogen and oxygen atoms in total. The van der Waals surface area contributed by atoms with Gasteiger partial charge in [0.2, 0.25) is 0 Å². The molecule has 1 amide bonds. The van der Waals surface area contributed by atoms with E-state index in [0.29, 0.717) is 17.6 Å². The number of nitrogens with one attached hydrogen (secondary N) is 1. The lowest BCUT2D eigenvalue weighted by atomic mass is 10.1. The quantitative estimate of drug-likeness (QED) is 0.607. The van der Waals surface area contributed by atoms with E-state index in [0.717, 1.165) is 18.4 Å². The Labute approximate surface area is 163 Å². The van der Waals surface area contributed by atoms with Crippen molar-refractivity contribution in [2.24, 2.45) is 0 Å². The van der Waals surface area contributed by atoms with Gasteiger partial charge in [0.1, 0.15) is 5.52 Å². The number of aromatic nitrogens is 3. The largest absolute Gasteiger partial charge is 0.452 e. The molecule has 0 saturated heterocycles. The molecular formula is C21H24N4O3. The smallest absolute Gasteiger partial charge is 0.338 e. The average Bonchev–Trinajstić information content (AvgIpc) is 3.13. The maximum atomic E-state index is 12.2. The second-order valence-corrected chi connectivity index (χ2v) is 6.68. The van der Waals surface area contributed by atoms with Crippen molar-refractivity contribution in [1.29, 1.82) is 0 Å². The highest BCUT2D eigenvalue weighted by molar-refractivity contribution is 5.94. The van der Waals surface area contributed by atoms with Crippen molar-refractivity contribution >= 4 is 22.9 Å². The van der Waals surface area contributed by atoms with E-state index in [1.165, 1.54) is 5.56 Å². The van der Waals surface area contributed by atoms with Gasteiger partial charge in [-0.2, -0.15) is 0 Å². The summed E-state index contributed by atoms with van der Waals surface area (Å²) in [7, 11) is 0. The van der Waals surface area contributed by atoms with Gasteiger partial charge in [0.15, 0.2) is 6.61 Å². The molecule has 0 fully saturated rings. The number of amides is 1. The lowest BCUT2D eigenvalue weighted by Gasteiger charge is -2.14. The minimum Gasteiger partial charge on any atom is -0.452 e. The summed E-state index contributed by atoms with van der Waals surface area (Å²) in [5.74, 6) is -0.869. The number of aryl methyl sites for hydroxylation is 2. The molecule has 1 heterocycles. The summed E-state index contributed by atoms with van der Waals surface area (Å²) in [6, 6.07) is 15.1. The zero-order valence-electron chi connectivity index (χ0n) is 16.1. The molecule has 3 aromatic rings. The van der Waals surface area contributed by atoms with Crippen LogP contribution in [0.5, 0.6) is 0 Å². The Kier molecular flexibility index (Phi) is 6.37. The predicted octanol–water partition coefficient (Wildman–Crippen LogP) is 2.75. The number of esters is 1. The maximum absolute atomic E-state index is 12.2. The van der Waals surface area contributed by atoms with Crippen molar-refractivity contribution in [3.05, 3.63) is 59.7 Å². The molecule has 0 aliphatic carbocycles. The summed E-state index contributed by atoms with van der Waals surface area (Å²) < 4.78 is 6.87. The van der Waals surface area contributed by atoms with Crippen LogP contribution < -0.4 is 5.32 Å². The van der Waals surface area contributed by atoms with Crippen molar-refractivity contribution in [2.75, 3.05) is 6.61 Å². The highest BCUT2D eigenvalue weighted by atomic mass is 16.5. The van der Waals surface area contributed by atoms with E-state index >= 15 is 0 Å². The molecule has 0 radical (unpaired) electrons. The fourth-order valence-corrected chi connectivity index (χ4v) is 2.96. The Balaban J connectivity index is 1.46. The first-order valence-corrected chi connectivity index (χ1v) is 9.40. The van der Waals surface area contributed by atoms with E-state index in [-0.39, 0.29) is 18.6 Å². The second-order valence-electron chi connectivity index (χ2n) is 6.68. The molecule has 0 aliphatic heterocycles. The summed E-state index contributed by atoms with van der Waals surface area (Å²) in [5.41, 5.74) is 3.05. The molecule has 2 aromatic carbocycles. The van der Waals surface area contributed by atoms with E-state index in [1.54, 1.807) is 22.9 Å². The molecule has 3 rings (SSSR count). The molecule has 1 atom stereocenters. The lowest BCUT2D eigenvalue weighted by Crippen LogP contribution is -2.36. The van der Waals surface area contributed by atoms with Crippen LogP contribution in [0.2, 0.25) is 0 Å². The van der Waals surface area contributed by atoms with E-state index in [9.17, 15) is 9.59 Å². The maximum Gasteiger partial charge on any atom is 0.338 e. The summed E-state index contributed by atoms with van der Waals surface area (Å²) in [6.07, 6.45) is 1.69. The number of carbonyl (C=O) groups is 2. The van der Waals surface area contributed by atoms with Gasteiger partial charge < -0.3 is 10.1 Å². The number of hydrogen-bond acceptors (Lipinski definition) is 5. The molecule has 0 bridgehead atoms. The van der Waals surface area contributed by atoms with Crippen molar-refractivity contribution in [3.63, 3.8) is 0 Å². The Hall–Kier alpha value is -3.22. The molecule has 146 valence electrons. The predicted molar refractivity (Wildman–Crippen MR) is 106 cm³/mol. The third-order valence-corrected chi connectivity index (χ3v) is 4.50. The molecule has 1 aromatic heterocycles. The number of nitrogens with zero attached hydrogens (tertiary/aromatic N) is 3. The molecule has 0 aliphatic rings. The van der Waals surface area contributed by atoms with Crippen LogP contribution >= 0.6 is 0 Å². The topological polar surface area (TPSA) is 86.1 Å². The minimum atomic E-state index is -0.556. The van der Waals surface area contributed by atoms with Crippen molar-refractivity contribution in [2.45, 2.75) is 39.3 Å². The van der Waals surface area contributed by atoms with Gasteiger partial charge >= 0.3 is 5.97 Å². The fourth-order valence-electron chi connectivity index (χ4n) is 2.96. The van der Waals surface area contributed by atoms with Gasteiger partial charge in [-0.1, -0.05) is 35.5 Å². The normalized spacial score (nSPS) is 11.9. The van der Waals surface area contributed by atoms with Crippen LogP contribution in [-0.4, -0.2) is 39.5 Å². The van der Waals surface area contributed by atoms with E-state index < -0.39 is 5.97 Å². The Morgan fingerprint density at radius 1 is 1.18 bits per heavy atom. The Bertz CT molecular complexity index is 953. The first-order valence-electron chi connectivity index (χ1n) is 9.40. The first kappa shape index (κ1) is 19.5. The van der Waals surface area contributed by atoms with Crippen LogP contribution in [0.15, 0.2) is 48.5 Å². The molecule has 0 saturated carbocycles. The Morgan fingerprint density at radius 3 is 2.71 bits per heavy atom. The van der Waals surface area contributed by atoms with Crippen LogP contribution in [0.1, 0.15) is 36.2 Å². The van der Waals surface area contributed by atoms with Crippen LogP contribution in [0.4, 0.5) is 0 Å². The van der Waals surface area contributed by atoms with Gasteiger partial charge in [-0.25, -0.2) is 9.48 Å². The highest BCUT2D eigenvalue weighted by Crippen LogP contribution is 2.14. The van der Waals surface area contributed by atoms with E-state index in [4.69, 9.17) is 4.74 Å². The summed E-state index contributed by atoms with van der Waals surface area (Å²) in [5, 5.41) is 10.9. The minimum absolute atomic E-state index is 0.00755. The summed E-state index contributed by atoms with van der Waals surface area (Å²) in [4.78, 5) is 24.2. The third kappa shape index (κ3) is 4.94. The zero-order chi connectivity index (χ0) is 19.9. The second kappa shape index (κ2) is 9.12. The van der Waals surface area contributed by atoms with Gasteiger partial charge in [-0.3, -0.25) is 4.79 Å². The number of benzene rings is 2. The molecule has 0 spiro atoms. The molecular weight excluding hydrogens is 356 g/mol. The molecule has 1 N–H and O–H groups in total. The van der Waals surface area contributed by atoms with Crippen molar-refractivity contribution < 1.29 is 14.3 Å². The highest BCUT2D eigenvalue weighted by Gasteiger charge is 2.14. The molecule has 0 unspecified atom stereocenters. The van der Waals surface area contributed by atoms with Crippen LogP contribution in [0.3, 0.4) is 0 Å². The van der Waals surface area contributed by atoms with Crippen LogP contribution in [0.25, 0.3) is 11.0 Å². The third-order valence-electron chi connectivity index (χ3n) is 4.50. The van der Waals surface area contributed by atoms with Gasteiger partial charge in [-0.15, -0.1) is 5.10 Å². The number of rotatable bonds is 8. The number of fused-ring (bicyclic) bond motifs is 1. The lowest BCUT2D eigenvalue weighted by molar-refractivity contribution is -0.124. The standard InChI is InChI=1S/C21H24N4O3/c1-3-25-19-12-11-17(13-18(19)23-24-25)21(27)28-14-20(26)22-15(2)9-10-16-7-5-4-6-8-16/h4-8,11-13,15H,3,9-10,14H2,1-2H3,(H,22,26)/t15-/m1/s1. The van der Waals surface area contributed by atoms with E-state index in [2.05, 4.69) is 27.8 Å². The van der Waals surface area contributed by atoms with Crippen molar-refractivity contribution in [1.82, 2.24) is 20.3 Å². The van der Waals surface area contributed by atoms with Gasteiger partial charge in [-0.05, 0) is 50.5 Å². The zero-order valence-corrected chi connectivity index (χ0v) is 16.1. The Morgan fingerprint density at radius 2 is 1.96 bits per heavy atom. The number of carbonyl (C=O) groups excluding carboxylic acids is 2. The summed E-state index contributed by atoms with van der Waals surface area (Å²) >= 11 is 0. The molecule has 28 heavy (non-hydrogen) atoms. The van der Waals surface area contributed by atoms with Crippen LogP contribution in [0, 0.1) is 0 Å². The summed E-state index contributed by atoms with van der Waals surface area (Å²) in [6.45, 7) is 4.29. The monoisotopic (exact) mass is 380 g/mol. The SMILES string of the molecule is CCn1nnc2cc(C(=O)OCC(=O)N[C@H](C)CCc3ccccc3)ccc21.